The SMILES string of the molecule is CC(O)c1ccc(-n2cccn2)c(Br)c1. The van der Waals surface area contributed by atoms with Crippen LogP contribution in [-0.2, 0) is 0 Å². The number of nitrogens with zero attached hydrogens (tertiary/aromatic N) is 2. The van der Waals surface area contributed by atoms with Gasteiger partial charge in [0, 0.05) is 16.9 Å². The molecule has 1 aromatic heterocycles. The van der Waals surface area contributed by atoms with Crippen molar-refractivity contribution < 1.29 is 5.11 Å². The lowest BCUT2D eigenvalue weighted by molar-refractivity contribution is 0.199. The zero-order chi connectivity index (χ0) is 10.8. The summed E-state index contributed by atoms with van der Waals surface area (Å²) < 4.78 is 2.69. The van der Waals surface area contributed by atoms with Gasteiger partial charge in [0.1, 0.15) is 0 Å². The molecule has 0 fully saturated rings. The van der Waals surface area contributed by atoms with Crippen LogP contribution in [-0.4, -0.2) is 14.9 Å². The number of aliphatic hydroxyl groups excluding tert-OH is 1. The van der Waals surface area contributed by atoms with Crippen LogP contribution in [0, 0.1) is 0 Å². The van der Waals surface area contributed by atoms with E-state index in [1.807, 2.05) is 30.5 Å². The molecule has 0 aliphatic rings. The number of hydrogen-bond donors (Lipinski definition) is 1. The highest BCUT2D eigenvalue weighted by atomic mass is 79.9. The Morgan fingerprint density at radius 3 is 2.80 bits per heavy atom. The summed E-state index contributed by atoms with van der Waals surface area (Å²) in [4.78, 5) is 0. The van der Waals surface area contributed by atoms with E-state index < -0.39 is 6.10 Å². The molecule has 0 radical (unpaired) electrons. The third kappa shape index (κ3) is 2.11. The predicted octanol–water partition coefficient (Wildman–Crippen LogP) is 2.69. The van der Waals surface area contributed by atoms with Gasteiger partial charge in [0.2, 0.25) is 0 Å². The van der Waals surface area contributed by atoms with Crippen LogP contribution in [0.2, 0.25) is 0 Å². The Balaban J connectivity index is 2.44. The topological polar surface area (TPSA) is 38.0 Å². The molecule has 1 atom stereocenters. The molecule has 3 nitrogen and oxygen atoms in total. The van der Waals surface area contributed by atoms with Crippen molar-refractivity contribution >= 4 is 15.9 Å². The van der Waals surface area contributed by atoms with Gasteiger partial charge < -0.3 is 5.11 Å². The van der Waals surface area contributed by atoms with Crippen LogP contribution in [0.4, 0.5) is 0 Å². The zero-order valence-corrected chi connectivity index (χ0v) is 9.85. The van der Waals surface area contributed by atoms with Crippen LogP contribution in [0.15, 0.2) is 41.1 Å². The van der Waals surface area contributed by atoms with Crippen LogP contribution >= 0.6 is 15.9 Å². The van der Waals surface area contributed by atoms with Gasteiger partial charge in [-0.3, -0.25) is 0 Å². The summed E-state index contributed by atoms with van der Waals surface area (Å²) >= 11 is 3.46. The minimum Gasteiger partial charge on any atom is -0.389 e. The van der Waals surface area contributed by atoms with Crippen molar-refractivity contribution in [1.82, 2.24) is 9.78 Å². The van der Waals surface area contributed by atoms with E-state index in [9.17, 15) is 5.11 Å². The number of halogens is 1. The Hall–Kier alpha value is -1.13. The lowest BCUT2D eigenvalue weighted by Gasteiger charge is -2.09. The maximum absolute atomic E-state index is 9.43. The molecular weight excluding hydrogens is 256 g/mol. The van der Waals surface area contributed by atoms with E-state index in [1.165, 1.54) is 0 Å². The van der Waals surface area contributed by atoms with E-state index in [4.69, 9.17) is 0 Å². The molecule has 0 spiro atoms. The maximum Gasteiger partial charge on any atom is 0.0787 e. The van der Waals surface area contributed by atoms with Gasteiger partial charge in [-0.25, -0.2) is 4.68 Å². The van der Waals surface area contributed by atoms with Gasteiger partial charge in [-0.05, 0) is 46.6 Å². The molecule has 0 aliphatic carbocycles. The second kappa shape index (κ2) is 4.16. The quantitative estimate of drug-likeness (QED) is 0.908. The van der Waals surface area contributed by atoms with Gasteiger partial charge in [-0.1, -0.05) is 6.07 Å². The highest BCUT2D eigenvalue weighted by molar-refractivity contribution is 9.10. The molecule has 2 aromatic rings. The third-order valence-corrected chi connectivity index (χ3v) is 2.84. The second-order valence-corrected chi connectivity index (χ2v) is 4.19. The Morgan fingerprint density at radius 2 is 2.27 bits per heavy atom. The highest BCUT2D eigenvalue weighted by Crippen LogP contribution is 2.24. The zero-order valence-electron chi connectivity index (χ0n) is 8.26. The average Bonchev–Trinajstić information content (AvgIpc) is 2.70. The van der Waals surface area contributed by atoms with Gasteiger partial charge >= 0.3 is 0 Å². The van der Waals surface area contributed by atoms with Crippen LogP contribution in [0.25, 0.3) is 5.69 Å². The first-order valence-corrected chi connectivity index (χ1v) is 5.45. The first kappa shape index (κ1) is 10.4. The first-order chi connectivity index (χ1) is 7.18. The average molecular weight is 267 g/mol. The molecule has 1 heterocycles. The summed E-state index contributed by atoms with van der Waals surface area (Å²) in [7, 11) is 0. The maximum atomic E-state index is 9.43. The van der Waals surface area contributed by atoms with Crippen molar-refractivity contribution in [2.45, 2.75) is 13.0 Å². The molecule has 15 heavy (non-hydrogen) atoms. The Bertz CT molecular complexity index is 452. The molecule has 1 N–H and O–H groups in total. The first-order valence-electron chi connectivity index (χ1n) is 4.66. The van der Waals surface area contributed by atoms with E-state index >= 15 is 0 Å². The standard InChI is InChI=1S/C11H11BrN2O/c1-8(15)9-3-4-11(10(12)7-9)14-6-2-5-13-14/h2-8,15H,1H3. The minimum atomic E-state index is -0.451. The van der Waals surface area contributed by atoms with Crippen molar-refractivity contribution in [3.8, 4) is 5.69 Å². The van der Waals surface area contributed by atoms with Crippen molar-refractivity contribution in [3.63, 3.8) is 0 Å². The van der Waals surface area contributed by atoms with Crippen molar-refractivity contribution in [1.29, 1.82) is 0 Å². The molecule has 2 rings (SSSR count). The molecule has 0 amide bonds. The summed E-state index contributed by atoms with van der Waals surface area (Å²) in [5, 5.41) is 13.6. The van der Waals surface area contributed by atoms with Gasteiger partial charge in [0.15, 0.2) is 0 Å². The number of rotatable bonds is 2. The van der Waals surface area contributed by atoms with Gasteiger partial charge in [0.25, 0.3) is 0 Å². The summed E-state index contributed by atoms with van der Waals surface area (Å²) in [5.41, 5.74) is 1.85. The van der Waals surface area contributed by atoms with E-state index in [1.54, 1.807) is 17.8 Å². The van der Waals surface area contributed by atoms with E-state index in [-0.39, 0.29) is 0 Å². The Labute approximate surface area is 96.5 Å². The minimum absolute atomic E-state index is 0.451. The predicted molar refractivity (Wildman–Crippen MR) is 61.9 cm³/mol. The van der Waals surface area contributed by atoms with Gasteiger partial charge in [-0.15, -0.1) is 0 Å². The summed E-state index contributed by atoms with van der Waals surface area (Å²) in [6.07, 6.45) is 3.16. The second-order valence-electron chi connectivity index (χ2n) is 3.34. The van der Waals surface area contributed by atoms with Gasteiger partial charge in [-0.2, -0.15) is 5.10 Å². The number of hydrogen-bond acceptors (Lipinski definition) is 2. The molecule has 0 bridgehead atoms. The Morgan fingerprint density at radius 1 is 1.47 bits per heavy atom. The van der Waals surface area contributed by atoms with Crippen molar-refractivity contribution in [2.75, 3.05) is 0 Å². The molecular formula is C11H11BrN2O. The molecule has 0 saturated heterocycles. The molecule has 78 valence electrons. The molecule has 0 saturated carbocycles. The summed E-state index contributed by atoms with van der Waals surface area (Å²) in [5.74, 6) is 0. The van der Waals surface area contributed by atoms with Crippen LogP contribution in [0.3, 0.4) is 0 Å². The fourth-order valence-electron chi connectivity index (χ4n) is 1.38. The monoisotopic (exact) mass is 266 g/mol. The third-order valence-electron chi connectivity index (χ3n) is 2.21. The van der Waals surface area contributed by atoms with Crippen LogP contribution in [0.1, 0.15) is 18.6 Å². The smallest absolute Gasteiger partial charge is 0.0787 e. The number of aliphatic hydroxyl groups is 1. The van der Waals surface area contributed by atoms with E-state index in [0.717, 1.165) is 15.7 Å². The summed E-state index contributed by atoms with van der Waals surface area (Å²) in [6, 6.07) is 7.60. The van der Waals surface area contributed by atoms with Gasteiger partial charge in [0.05, 0.1) is 11.8 Å². The largest absolute Gasteiger partial charge is 0.389 e. The van der Waals surface area contributed by atoms with E-state index in [0.29, 0.717) is 0 Å². The number of benzene rings is 1. The number of aromatic nitrogens is 2. The fourth-order valence-corrected chi connectivity index (χ4v) is 1.96. The molecule has 4 heteroatoms. The molecule has 1 aromatic carbocycles. The van der Waals surface area contributed by atoms with Crippen LogP contribution < -0.4 is 0 Å². The normalized spacial score (nSPS) is 12.7. The summed E-state index contributed by atoms with van der Waals surface area (Å²) in [6.45, 7) is 1.75. The Kier molecular flexibility index (Phi) is 2.88. The molecule has 1 unspecified atom stereocenters. The lowest BCUT2D eigenvalue weighted by Crippen LogP contribution is -1.98. The van der Waals surface area contributed by atoms with E-state index in [2.05, 4.69) is 21.0 Å². The molecule has 0 aliphatic heterocycles. The van der Waals surface area contributed by atoms with Crippen molar-refractivity contribution in [3.05, 3.63) is 46.7 Å². The van der Waals surface area contributed by atoms with Crippen LogP contribution in [0.5, 0.6) is 0 Å². The highest BCUT2D eigenvalue weighted by Gasteiger charge is 2.06. The fraction of sp³-hybridized carbons (Fsp3) is 0.182. The van der Waals surface area contributed by atoms with Crippen molar-refractivity contribution in [2.24, 2.45) is 0 Å². The lowest BCUT2D eigenvalue weighted by atomic mass is 10.1.